The summed E-state index contributed by atoms with van der Waals surface area (Å²) in [5.74, 6) is -1.57. The highest BCUT2D eigenvalue weighted by atomic mass is 16.6. The van der Waals surface area contributed by atoms with Crippen LogP contribution in [-0.4, -0.2) is 72.2 Å². The SMILES string of the molecule is O=C(CC(NCCCN1CCOCC1)C(=O)O)Nc1ccc([N+](=O)[O-])cc1. The van der Waals surface area contributed by atoms with E-state index in [1.807, 2.05) is 0 Å². The zero-order chi connectivity index (χ0) is 19.6. The highest BCUT2D eigenvalue weighted by molar-refractivity contribution is 5.94. The number of ether oxygens (including phenoxy) is 1. The number of hydrogen-bond donors (Lipinski definition) is 3. The molecule has 1 unspecified atom stereocenters. The summed E-state index contributed by atoms with van der Waals surface area (Å²) in [5.41, 5.74) is 0.292. The quantitative estimate of drug-likeness (QED) is 0.307. The summed E-state index contributed by atoms with van der Waals surface area (Å²) in [6, 6.07) is 4.36. The largest absolute Gasteiger partial charge is 0.480 e. The number of anilines is 1. The summed E-state index contributed by atoms with van der Waals surface area (Å²) >= 11 is 0. The fourth-order valence-corrected chi connectivity index (χ4v) is 2.71. The minimum Gasteiger partial charge on any atom is -0.480 e. The van der Waals surface area contributed by atoms with Gasteiger partial charge in [0.15, 0.2) is 0 Å². The van der Waals surface area contributed by atoms with Crippen molar-refractivity contribution in [1.29, 1.82) is 0 Å². The lowest BCUT2D eigenvalue weighted by atomic mass is 10.2. The number of carbonyl (C=O) groups is 2. The van der Waals surface area contributed by atoms with Crippen LogP contribution in [0.15, 0.2) is 24.3 Å². The van der Waals surface area contributed by atoms with Crippen molar-refractivity contribution >= 4 is 23.3 Å². The summed E-state index contributed by atoms with van der Waals surface area (Å²) in [6.45, 7) is 4.51. The molecule has 1 fully saturated rings. The fourth-order valence-electron chi connectivity index (χ4n) is 2.71. The molecule has 0 spiro atoms. The second-order valence-corrected chi connectivity index (χ2v) is 6.21. The van der Waals surface area contributed by atoms with Crippen molar-refractivity contribution in [2.24, 2.45) is 0 Å². The number of benzene rings is 1. The van der Waals surface area contributed by atoms with Gasteiger partial charge in [-0.25, -0.2) is 0 Å². The molecule has 0 radical (unpaired) electrons. The number of carbonyl (C=O) groups excluding carboxylic acids is 1. The molecular formula is C17H24N4O6. The van der Waals surface area contributed by atoms with E-state index in [2.05, 4.69) is 15.5 Å². The van der Waals surface area contributed by atoms with Crippen molar-refractivity contribution in [3.8, 4) is 0 Å². The molecule has 27 heavy (non-hydrogen) atoms. The minimum atomic E-state index is -1.10. The first-order valence-electron chi connectivity index (χ1n) is 8.76. The molecule has 1 heterocycles. The Labute approximate surface area is 156 Å². The number of amides is 1. The molecule has 1 saturated heterocycles. The number of nitro benzene ring substituents is 1. The van der Waals surface area contributed by atoms with Crippen LogP contribution in [0.2, 0.25) is 0 Å². The predicted octanol–water partition coefficient (Wildman–Crippen LogP) is 0.689. The monoisotopic (exact) mass is 380 g/mol. The fraction of sp³-hybridized carbons (Fsp3) is 0.529. The van der Waals surface area contributed by atoms with Crippen LogP contribution in [0.25, 0.3) is 0 Å². The maximum absolute atomic E-state index is 12.1. The number of carboxylic acid groups (broad SMARTS) is 1. The number of nitro groups is 1. The Hall–Kier alpha value is -2.56. The van der Waals surface area contributed by atoms with Gasteiger partial charge in [-0.2, -0.15) is 0 Å². The van der Waals surface area contributed by atoms with Gasteiger partial charge in [-0.05, 0) is 31.6 Å². The van der Waals surface area contributed by atoms with Gasteiger partial charge in [0.05, 0.1) is 24.6 Å². The van der Waals surface area contributed by atoms with E-state index in [4.69, 9.17) is 4.74 Å². The number of rotatable bonds is 10. The van der Waals surface area contributed by atoms with E-state index in [0.717, 1.165) is 26.1 Å². The van der Waals surface area contributed by atoms with E-state index in [9.17, 15) is 24.8 Å². The molecule has 1 amide bonds. The van der Waals surface area contributed by atoms with Gasteiger partial charge in [-0.3, -0.25) is 24.6 Å². The number of hydrogen-bond acceptors (Lipinski definition) is 7. The molecule has 10 nitrogen and oxygen atoms in total. The Kier molecular flexibility index (Phi) is 8.11. The molecule has 3 N–H and O–H groups in total. The maximum Gasteiger partial charge on any atom is 0.321 e. The van der Waals surface area contributed by atoms with Crippen LogP contribution >= 0.6 is 0 Å². The standard InChI is InChI=1S/C17H24N4O6/c22-16(19-13-2-4-14(5-3-13)21(25)26)12-15(17(23)24)18-6-1-7-20-8-10-27-11-9-20/h2-5,15,18H,1,6-12H2,(H,19,22)(H,23,24). The molecule has 0 aliphatic carbocycles. The van der Waals surface area contributed by atoms with Crippen LogP contribution in [0.1, 0.15) is 12.8 Å². The lowest BCUT2D eigenvalue weighted by molar-refractivity contribution is -0.384. The summed E-state index contributed by atoms with van der Waals surface area (Å²) in [7, 11) is 0. The van der Waals surface area contributed by atoms with Crippen LogP contribution in [0.5, 0.6) is 0 Å². The summed E-state index contributed by atoms with van der Waals surface area (Å²) in [6.07, 6.45) is 0.539. The van der Waals surface area contributed by atoms with E-state index in [1.165, 1.54) is 24.3 Å². The van der Waals surface area contributed by atoms with E-state index >= 15 is 0 Å². The first kappa shape index (κ1) is 20.7. The third kappa shape index (κ3) is 7.29. The highest BCUT2D eigenvalue weighted by Gasteiger charge is 2.21. The molecule has 1 aromatic carbocycles. The molecule has 2 rings (SSSR count). The minimum absolute atomic E-state index is 0.0849. The molecule has 1 aliphatic rings. The van der Waals surface area contributed by atoms with Crippen molar-refractivity contribution in [3.05, 3.63) is 34.4 Å². The van der Waals surface area contributed by atoms with E-state index in [-0.39, 0.29) is 12.1 Å². The first-order chi connectivity index (χ1) is 13.0. The number of aliphatic carboxylic acids is 1. The number of morpholine rings is 1. The van der Waals surface area contributed by atoms with Gasteiger partial charge < -0.3 is 20.5 Å². The number of carboxylic acids is 1. The number of non-ortho nitro benzene ring substituents is 1. The second kappa shape index (κ2) is 10.6. The van der Waals surface area contributed by atoms with Gasteiger partial charge in [0, 0.05) is 30.9 Å². The number of nitrogens with one attached hydrogen (secondary N) is 2. The Morgan fingerprint density at radius 2 is 1.93 bits per heavy atom. The van der Waals surface area contributed by atoms with Gasteiger partial charge in [0.2, 0.25) is 5.91 Å². The van der Waals surface area contributed by atoms with Crippen LogP contribution in [0.3, 0.4) is 0 Å². The molecule has 148 valence electrons. The van der Waals surface area contributed by atoms with Gasteiger partial charge in [0.25, 0.3) is 5.69 Å². The molecule has 10 heteroatoms. The highest BCUT2D eigenvalue weighted by Crippen LogP contribution is 2.15. The Balaban J connectivity index is 1.74. The van der Waals surface area contributed by atoms with E-state index in [0.29, 0.717) is 25.4 Å². The first-order valence-corrected chi connectivity index (χ1v) is 8.76. The molecule has 0 bridgehead atoms. The van der Waals surface area contributed by atoms with Gasteiger partial charge in [-0.1, -0.05) is 0 Å². The predicted molar refractivity (Wildman–Crippen MR) is 97.6 cm³/mol. The van der Waals surface area contributed by atoms with Crippen molar-refractivity contribution in [1.82, 2.24) is 10.2 Å². The second-order valence-electron chi connectivity index (χ2n) is 6.21. The Morgan fingerprint density at radius 1 is 1.26 bits per heavy atom. The summed E-state index contributed by atoms with van der Waals surface area (Å²) in [4.78, 5) is 35.7. The molecule has 0 saturated carbocycles. The average Bonchev–Trinajstić information content (AvgIpc) is 2.65. The topological polar surface area (TPSA) is 134 Å². The Morgan fingerprint density at radius 3 is 2.52 bits per heavy atom. The third-order valence-electron chi connectivity index (χ3n) is 4.20. The molecule has 0 aromatic heterocycles. The van der Waals surface area contributed by atoms with Gasteiger partial charge in [0.1, 0.15) is 6.04 Å². The zero-order valence-corrected chi connectivity index (χ0v) is 14.9. The molecular weight excluding hydrogens is 356 g/mol. The smallest absolute Gasteiger partial charge is 0.321 e. The van der Waals surface area contributed by atoms with Crippen molar-refractivity contribution in [2.75, 3.05) is 44.7 Å². The van der Waals surface area contributed by atoms with Crippen LogP contribution in [0.4, 0.5) is 11.4 Å². The van der Waals surface area contributed by atoms with E-state index in [1.54, 1.807) is 0 Å². The number of nitrogens with zero attached hydrogens (tertiary/aromatic N) is 2. The lowest BCUT2D eigenvalue weighted by Gasteiger charge is -2.26. The van der Waals surface area contributed by atoms with Gasteiger partial charge >= 0.3 is 5.97 Å². The molecule has 1 aliphatic heterocycles. The van der Waals surface area contributed by atoms with Gasteiger partial charge in [-0.15, -0.1) is 0 Å². The summed E-state index contributed by atoms with van der Waals surface area (Å²) < 4.78 is 5.27. The average molecular weight is 380 g/mol. The normalized spacial score (nSPS) is 15.9. The van der Waals surface area contributed by atoms with E-state index < -0.39 is 22.8 Å². The zero-order valence-electron chi connectivity index (χ0n) is 14.9. The lowest BCUT2D eigenvalue weighted by Crippen LogP contribution is -2.42. The maximum atomic E-state index is 12.1. The third-order valence-corrected chi connectivity index (χ3v) is 4.20. The summed E-state index contributed by atoms with van der Waals surface area (Å²) in [5, 5.41) is 25.3. The van der Waals surface area contributed by atoms with Crippen LogP contribution < -0.4 is 10.6 Å². The van der Waals surface area contributed by atoms with Crippen LogP contribution in [-0.2, 0) is 14.3 Å². The van der Waals surface area contributed by atoms with Crippen molar-refractivity contribution in [2.45, 2.75) is 18.9 Å². The van der Waals surface area contributed by atoms with Crippen LogP contribution in [0, 0.1) is 10.1 Å². The van der Waals surface area contributed by atoms with Crippen molar-refractivity contribution in [3.63, 3.8) is 0 Å². The molecule has 1 aromatic rings. The Bertz CT molecular complexity index is 645. The molecule has 1 atom stereocenters. The van der Waals surface area contributed by atoms with Crippen molar-refractivity contribution < 1.29 is 24.4 Å².